The molecule has 1 aromatic heterocycles. The minimum Gasteiger partial charge on any atom is -0.508 e. The van der Waals surface area contributed by atoms with Gasteiger partial charge in [0.25, 0.3) is 0 Å². The number of allylic oxidation sites excluding steroid dienone is 2. The van der Waals surface area contributed by atoms with Crippen molar-refractivity contribution in [2.75, 3.05) is 0 Å². The van der Waals surface area contributed by atoms with Crippen LogP contribution >= 0.6 is 0 Å². The SMILES string of the molecule is CC(C)=CCc1cc2c(=O)c3ccc(O)cc3oc2cc1O. The smallest absolute Gasteiger partial charge is 0.200 e. The van der Waals surface area contributed by atoms with Crippen LogP contribution in [0.4, 0.5) is 0 Å². The van der Waals surface area contributed by atoms with Crippen LogP contribution in [0.1, 0.15) is 19.4 Å². The van der Waals surface area contributed by atoms with Gasteiger partial charge in [-0.3, -0.25) is 4.79 Å². The second kappa shape index (κ2) is 5.22. The predicted molar refractivity (Wildman–Crippen MR) is 86.5 cm³/mol. The number of hydrogen-bond donors (Lipinski definition) is 2. The average molecular weight is 296 g/mol. The van der Waals surface area contributed by atoms with Crippen molar-refractivity contribution in [1.29, 1.82) is 0 Å². The standard InChI is InChI=1S/C18H16O4/c1-10(2)3-4-11-7-14-17(9-15(11)20)22-16-8-12(19)5-6-13(16)18(14)21/h3,5-9,19-20H,4H2,1-2H3. The molecular formula is C18H16O4. The maximum Gasteiger partial charge on any atom is 0.200 e. The third kappa shape index (κ3) is 2.44. The van der Waals surface area contributed by atoms with Gasteiger partial charge in [-0.05, 0) is 44.0 Å². The second-order valence-corrected chi connectivity index (χ2v) is 5.57. The van der Waals surface area contributed by atoms with Gasteiger partial charge in [0.1, 0.15) is 22.7 Å². The molecule has 0 saturated heterocycles. The lowest BCUT2D eigenvalue weighted by atomic mass is 10.0. The Labute approximate surface area is 126 Å². The van der Waals surface area contributed by atoms with E-state index in [1.54, 1.807) is 12.1 Å². The van der Waals surface area contributed by atoms with Crippen LogP contribution in [0, 0.1) is 0 Å². The molecule has 0 saturated carbocycles. The van der Waals surface area contributed by atoms with Gasteiger partial charge in [-0.2, -0.15) is 0 Å². The first-order valence-electron chi connectivity index (χ1n) is 7.00. The first kappa shape index (κ1) is 14.2. The third-order valence-corrected chi connectivity index (χ3v) is 3.59. The first-order valence-corrected chi connectivity index (χ1v) is 7.00. The van der Waals surface area contributed by atoms with Crippen LogP contribution in [-0.2, 0) is 6.42 Å². The van der Waals surface area contributed by atoms with Gasteiger partial charge in [-0.1, -0.05) is 11.6 Å². The molecule has 22 heavy (non-hydrogen) atoms. The maximum atomic E-state index is 12.6. The highest BCUT2D eigenvalue weighted by Gasteiger charge is 2.11. The number of fused-ring (bicyclic) bond motifs is 2. The summed E-state index contributed by atoms with van der Waals surface area (Å²) in [7, 11) is 0. The monoisotopic (exact) mass is 296 g/mol. The zero-order valence-corrected chi connectivity index (χ0v) is 12.4. The highest BCUT2D eigenvalue weighted by molar-refractivity contribution is 5.91. The average Bonchev–Trinajstić information content (AvgIpc) is 2.45. The molecule has 0 unspecified atom stereocenters. The molecule has 1 heterocycles. The summed E-state index contributed by atoms with van der Waals surface area (Å²) >= 11 is 0. The second-order valence-electron chi connectivity index (χ2n) is 5.57. The van der Waals surface area contributed by atoms with Crippen LogP contribution in [-0.4, -0.2) is 10.2 Å². The van der Waals surface area contributed by atoms with Gasteiger partial charge in [-0.15, -0.1) is 0 Å². The minimum atomic E-state index is -0.172. The molecule has 112 valence electrons. The van der Waals surface area contributed by atoms with Gasteiger partial charge in [0.15, 0.2) is 0 Å². The molecule has 0 amide bonds. The van der Waals surface area contributed by atoms with Gasteiger partial charge in [0.2, 0.25) is 5.43 Å². The van der Waals surface area contributed by atoms with E-state index in [0.717, 1.165) is 5.57 Å². The van der Waals surface area contributed by atoms with Crippen LogP contribution in [0.2, 0.25) is 0 Å². The number of benzene rings is 2. The Morgan fingerprint density at radius 3 is 2.55 bits per heavy atom. The van der Waals surface area contributed by atoms with Crippen molar-refractivity contribution < 1.29 is 14.6 Å². The van der Waals surface area contributed by atoms with E-state index in [-0.39, 0.29) is 16.9 Å². The lowest BCUT2D eigenvalue weighted by molar-refractivity contribution is 0.469. The van der Waals surface area contributed by atoms with Gasteiger partial charge >= 0.3 is 0 Å². The molecule has 0 fully saturated rings. The largest absolute Gasteiger partial charge is 0.508 e. The van der Waals surface area contributed by atoms with Crippen LogP contribution in [0.15, 0.2) is 51.2 Å². The highest BCUT2D eigenvalue weighted by Crippen LogP contribution is 2.28. The van der Waals surface area contributed by atoms with Crippen LogP contribution in [0.5, 0.6) is 11.5 Å². The summed E-state index contributed by atoms with van der Waals surface area (Å²) in [6.45, 7) is 3.96. The topological polar surface area (TPSA) is 70.7 Å². The number of aromatic hydroxyl groups is 2. The summed E-state index contributed by atoms with van der Waals surface area (Å²) in [4.78, 5) is 12.6. The molecule has 0 aliphatic heterocycles. The highest BCUT2D eigenvalue weighted by atomic mass is 16.3. The molecule has 2 aromatic carbocycles. The van der Waals surface area contributed by atoms with Crippen molar-refractivity contribution in [3.63, 3.8) is 0 Å². The van der Waals surface area contributed by atoms with Crippen molar-refractivity contribution in [2.45, 2.75) is 20.3 Å². The Bertz CT molecular complexity index is 960. The van der Waals surface area contributed by atoms with E-state index >= 15 is 0 Å². The van der Waals surface area contributed by atoms with E-state index in [2.05, 4.69) is 0 Å². The summed E-state index contributed by atoms with van der Waals surface area (Å²) in [5.74, 6) is 0.118. The summed E-state index contributed by atoms with van der Waals surface area (Å²) in [5, 5.41) is 20.4. The van der Waals surface area contributed by atoms with Crippen molar-refractivity contribution in [3.8, 4) is 11.5 Å². The molecule has 0 bridgehead atoms. The molecule has 2 N–H and O–H groups in total. The van der Waals surface area contributed by atoms with Crippen molar-refractivity contribution in [1.82, 2.24) is 0 Å². The van der Waals surface area contributed by atoms with Crippen LogP contribution in [0.3, 0.4) is 0 Å². The van der Waals surface area contributed by atoms with E-state index in [1.165, 1.54) is 18.2 Å². The zero-order chi connectivity index (χ0) is 15.9. The lowest BCUT2D eigenvalue weighted by Crippen LogP contribution is -2.02. The fraction of sp³-hybridized carbons (Fsp3) is 0.167. The molecule has 4 heteroatoms. The van der Waals surface area contributed by atoms with E-state index in [9.17, 15) is 15.0 Å². The fourth-order valence-corrected chi connectivity index (χ4v) is 2.40. The Kier molecular flexibility index (Phi) is 3.37. The third-order valence-electron chi connectivity index (χ3n) is 3.59. The molecule has 0 aliphatic rings. The summed E-state index contributed by atoms with van der Waals surface area (Å²) in [5.41, 5.74) is 2.25. The lowest BCUT2D eigenvalue weighted by Gasteiger charge is -2.06. The van der Waals surface area contributed by atoms with Crippen LogP contribution < -0.4 is 5.43 Å². The quantitative estimate of drug-likeness (QED) is 0.556. The number of phenols is 2. The number of rotatable bonds is 2. The number of phenolic OH excluding ortho intramolecular Hbond substituents is 2. The van der Waals surface area contributed by atoms with Gasteiger partial charge in [0, 0.05) is 12.1 Å². The fourth-order valence-electron chi connectivity index (χ4n) is 2.40. The van der Waals surface area contributed by atoms with Gasteiger partial charge in [-0.25, -0.2) is 0 Å². The first-order chi connectivity index (χ1) is 10.5. The van der Waals surface area contributed by atoms with Gasteiger partial charge < -0.3 is 14.6 Å². The molecule has 3 aromatic rings. The van der Waals surface area contributed by atoms with E-state index < -0.39 is 0 Å². The Morgan fingerprint density at radius 2 is 1.82 bits per heavy atom. The van der Waals surface area contributed by atoms with Crippen LogP contribution in [0.25, 0.3) is 21.9 Å². The Balaban J connectivity index is 2.29. The van der Waals surface area contributed by atoms with E-state index in [0.29, 0.717) is 33.9 Å². The maximum absolute atomic E-state index is 12.6. The molecule has 4 nitrogen and oxygen atoms in total. The summed E-state index contributed by atoms with van der Waals surface area (Å²) in [6, 6.07) is 7.51. The van der Waals surface area contributed by atoms with Gasteiger partial charge in [0.05, 0.1) is 10.8 Å². The Hall–Kier alpha value is -2.75. The number of hydrogen-bond acceptors (Lipinski definition) is 4. The predicted octanol–water partition coefficient (Wildman–Crippen LogP) is 3.87. The van der Waals surface area contributed by atoms with Crippen molar-refractivity contribution in [3.05, 3.63) is 57.8 Å². The van der Waals surface area contributed by atoms with Crippen molar-refractivity contribution in [2.24, 2.45) is 0 Å². The minimum absolute atomic E-state index is 0.0272. The molecule has 0 aliphatic carbocycles. The summed E-state index contributed by atoms with van der Waals surface area (Å²) in [6.07, 6.45) is 2.54. The molecule has 0 spiro atoms. The molecular weight excluding hydrogens is 280 g/mol. The van der Waals surface area contributed by atoms with E-state index in [4.69, 9.17) is 4.42 Å². The molecule has 3 rings (SSSR count). The molecule has 0 atom stereocenters. The summed E-state index contributed by atoms with van der Waals surface area (Å²) < 4.78 is 5.63. The van der Waals surface area contributed by atoms with E-state index in [1.807, 2.05) is 19.9 Å². The normalized spacial score (nSPS) is 11.0. The van der Waals surface area contributed by atoms with Crippen molar-refractivity contribution >= 4 is 21.9 Å². The zero-order valence-electron chi connectivity index (χ0n) is 12.4. The Morgan fingerprint density at radius 1 is 1.09 bits per heavy atom. The molecule has 0 radical (unpaired) electrons.